The van der Waals surface area contributed by atoms with Crippen LogP contribution in [0.1, 0.15) is 43.7 Å². The van der Waals surface area contributed by atoms with E-state index in [0.717, 1.165) is 24.5 Å². The van der Waals surface area contributed by atoms with Crippen LogP contribution in [0.25, 0.3) is 0 Å². The fourth-order valence-electron chi connectivity index (χ4n) is 2.72. The second kappa shape index (κ2) is 4.98. The molecule has 1 N–H and O–H groups in total. The Labute approximate surface area is 119 Å². The van der Waals surface area contributed by atoms with Crippen LogP contribution in [-0.4, -0.2) is 5.60 Å². The van der Waals surface area contributed by atoms with Gasteiger partial charge in [-0.3, -0.25) is 0 Å². The Morgan fingerprint density at radius 2 is 2.10 bits per heavy atom. The number of hydrogen-bond donors (Lipinski definition) is 1. The zero-order valence-electron chi connectivity index (χ0n) is 12.3. The van der Waals surface area contributed by atoms with Crippen LogP contribution in [0, 0.1) is 0 Å². The molecular weight excluding hydrogens is 250 g/mol. The summed E-state index contributed by atoms with van der Waals surface area (Å²) in [5.41, 5.74) is 2.43. The highest BCUT2D eigenvalue weighted by atomic mass is 16.5. The lowest BCUT2D eigenvalue weighted by Gasteiger charge is -2.19. The lowest BCUT2D eigenvalue weighted by Crippen LogP contribution is -2.25. The Morgan fingerprint density at radius 1 is 1.25 bits per heavy atom. The third kappa shape index (κ3) is 2.59. The minimum atomic E-state index is -0.0922. The Morgan fingerprint density at radius 3 is 2.85 bits per heavy atom. The number of ether oxygens (including phenoxy) is 1. The van der Waals surface area contributed by atoms with Crippen LogP contribution < -0.4 is 10.1 Å². The molecule has 1 atom stereocenters. The highest BCUT2D eigenvalue weighted by Crippen LogP contribution is 2.37. The average Bonchev–Trinajstić information content (AvgIpc) is 3.01. The van der Waals surface area contributed by atoms with Gasteiger partial charge in [-0.15, -0.1) is 0 Å². The third-order valence-corrected chi connectivity index (χ3v) is 3.74. The monoisotopic (exact) mass is 271 g/mol. The van der Waals surface area contributed by atoms with Crippen LogP contribution in [0.4, 0.5) is 0 Å². The molecule has 1 aliphatic rings. The smallest absolute Gasteiger partial charge is 0.127 e. The van der Waals surface area contributed by atoms with Crippen LogP contribution in [0.5, 0.6) is 5.75 Å². The van der Waals surface area contributed by atoms with Crippen molar-refractivity contribution in [2.24, 2.45) is 0 Å². The number of hydrogen-bond acceptors (Lipinski definition) is 3. The molecule has 0 unspecified atom stereocenters. The second-order valence-electron chi connectivity index (χ2n) is 6.06. The summed E-state index contributed by atoms with van der Waals surface area (Å²) < 4.78 is 11.5. The topological polar surface area (TPSA) is 34.4 Å². The SMILES string of the molecule is C[C@H](NCc1cccc2c1OC(C)(C)C2)c1ccco1. The van der Waals surface area contributed by atoms with Gasteiger partial charge in [0, 0.05) is 18.5 Å². The maximum absolute atomic E-state index is 6.08. The zero-order chi connectivity index (χ0) is 14.2. The first-order valence-corrected chi connectivity index (χ1v) is 7.12. The molecule has 0 bridgehead atoms. The number of nitrogens with one attached hydrogen (secondary N) is 1. The maximum atomic E-state index is 6.08. The number of rotatable bonds is 4. The summed E-state index contributed by atoms with van der Waals surface area (Å²) in [7, 11) is 0. The molecule has 0 radical (unpaired) electrons. The number of fused-ring (bicyclic) bond motifs is 1. The van der Waals surface area contributed by atoms with Crippen molar-refractivity contribution in [2.45, 2.75) is 45.4 Å². The van der Waals surface area contributed by atoms with E-state index in [0.29, 0.717) is 0 Å². The van der Waals surface area contributed by atoms with Gasteiger partial charge in [0.15, 0.2) is 0 Å². The van der Waals surface area contributed by atoms with E-state index in [4.69, 9.17) is 9.15 Å². The number of para-hydroxylation sites is 1. The summed E-state index contributed by atoms with van der Waals surface area (Å²) in [6.45, 7) is 7.15. The summed E-state index contributed by atoms with van der Waals surface area (Å²) >= 11 is 0. The van der Waals surface area contributed by atoms with Crippen molar-refractivity contribution in [3.8, 4) is 5.75 Å². The fraction of sp³-hybridized carbons (Fsp3) is 0.412. The Hall–Kier alpha value is -1.74. The molecule has 3 nitrogen and oxygen atoms in total. The van der Waals surface area contributed by atoms with Crippen molar-refractivity contribution in [1.29, 1.82) is 0 Å². The van der Waals surface area contributed by atoms with Crippen molar-refractivity contribution < 1.29 is 9.15 Å². The van der Waals surface area contributed by atoms with Crippen molar-refractivity contribution in [1.82, 2.24) is 5.32 Å². The van der Waals surface area contributed by atoms with Crippen molar-refractivity contribution in [2.75, 3.05) is 0 Å². The maximum Gasteiger partial charge on any atom is 0.127 e. The van der Waals surface area contributed by atoms with Gasteiger partial charge in [0.2, 0.25) is 0 Å². The van der Waals surface area contributed by atoms with Gasteiger partial charge in [0.25, 0.3) is 0 Å². The quantitative estimate of drug-likeness (QED) is 0.917. The van der Waals surface area contributed by atoms with E-state index in [-0.39, 0.29) is 11.6 Å². The Bertz CT molecular complexity index is 587. The lowest BCUT2D eigenvalue weighted by molar-refractivity contribution is 0.137. The zero-order valence-corrected chi connectivity index (χ0v) is 12.3. The predicted octanol–water partition coefficient (Wildman–Crippen LogP) is 3.84. The summed E-state index contributed by atoms with van der Waals surface area (Å²) in [4.78, 5) is 0. The molecule has 3 heteroatoms. The van der Waals surface area contributed by atoms with Crippen LogP contribution in [0.2, 0.25) is 0 Å². The first kappa shape index (κ1) is 13.3. The lowest BCUT2D eigenvalue weighted by atomic mass is 10.0. The predicted molar refractivity (Wildman–Crippen MR) is 78.8 cm³/mol. The third-order valence-electron chi connectivity index (χ3n) is 3.74. The molecule has 20 heavy (non-hydrogen) atoms. The molecule has 1 aromatic heterocycles. The van der Waals surface area contributed by atoms with E-state index in [1.54, 1.807) is 6.26 Å². The summed E-state index contributed by atoms with van der Waals surface area (Å²) in [6, 6.07) is 10.5. The van der Waals surface area contributed by atoms with Crippen molar-refractivity contribution >= 4 is 0 Å². The van der Waals surface area contributed by atoms with E-state index < -0.39 is 0 Å². The Kier molecular flexibility index (Phi) is 3.30. The van der Waals surface area contributed by atoms with Crippen LogP contribution in [0.3, 0.4) is 0 Å². The van der Waals surface area contributed by atoms with Crippen molar-refractivity contribution in [3.63, 3.8) is 0 Å². The molecule has 1 aliphatic heterocycles. The van der Waals surface area contributed by atoms with Gasteiger partial charge < -0.3 is 14.5 Å². The van der Waals surface area contributed by atoms with E-state index in [2.05, 4.69) is 44.3 Å². The highest BCUT2D eigenvalue weighted by molar-refractivity contribution is 5.45. The van der Waals surface area contributed by atoms with Crippen LogP contribution in [0.15, 0.2) is 41.0 Å². The number of furan rings is 1. The normalized spacial score (nSPS) is 17.6. The molecule has 3 rings (SSSR count). The number of benzene rings is 1. The van der Waals surface area contributed by atoms with Gasteiger partial charge in [0.05, 0.1) is 12.3 Å². The van der Waals surface area contributed by atoms with Gasteiger partial charge in [-0.05, 0) is 38.5 Å². The minimum absolute atomic E-state index is 0.0922. The fourth-order valence-corrected chi connectivity index (χ4v) is 2.72. The standard InChI is InChI=1S/C17H21NO2/c1-12(15-8-5-9-19-15)18-11-14-7-4-6-13-10-17(2,3)20-16(13)14/h4-9,12,18H,10-11H2,1-3H3/t12-/m0/s1. The Balaban J connectivity index is 1.72. The molecular formula is C17H21NO2. The van der Waals surface area contributed by atoms with E-state index >= 15 is 0 Å². The van der Waals surface area contributed by atoms with Crippen LogP contribution in [-0.2, 0) is 13.0 Å². The molecule has 2 heterocycles. The van der Waals surface area contributed by atoms with Gasteiger partial charge >= 0.3 is 0 Å². The molecule has 0 spiro atoms. The summed E-state index contributed by atoms with van der Waals surface area (Å²) in [6.07, 6.45) is 2.68. The average molecular weight is 271 g/mol. The van der Waals surface area contributed by atoms with Crippen molar-refractivity contribution in [3.05, 3.63) is 53.5 Å². The molecule has 2 aromatic rings. The molecule has 0 amide bonds. The molecule has 1 aromatic carbocycles. The molecule has 0 saturated carbocycles. The summed E-state index contributed by atoms with van der Waals surface area (Å²) in [5.74, 6) is 2.01. The van der Waals surface area contributed by atoms with Gasteiger partial charge in [-0.2, -0.15) is 0 Å². The van der Waals surface area contributed by atoms with E-state index in [1.165, 1.54) is 11.1 Å². The first-order chi connectivity index (χ1) is 9.55. The highest BCUT2D eigenvalue weighted by Gasteiger charge is 2.31. The summed E-state index contributed by atoms with van der Waals surface area (Å²) in [5, 5.41) is 3.48. The molecule has 106 valence electrons. The molecule has 0 aliphatic carbocycles. The molecule has 0 fully saturated rings. The van der Waals surface area contributed by atoms with Gasteiger partial charge in [0.1, 0.15) is 17.1 Å². The minimum Gasteiger partial charge on any atom is -0.487 e. The largest absolute Gasteiger partial charge is 0.487 e. The second-order valence-corrected chi connectivity index (χ2v) is 6.06. The van der Waals surface area contributed by atoms with Crippen LogP contribution >= 0.6 is 0 Å². The van der Waals surface area contributed by atoms with E-state index in [9.17, 15) is 0 Å². The molecule has 0 saturated heterocycles. The van der Waals surface area contributed by atoms with Gasteiger partial charge in [-0.25, -0.2) is 0 Å². The first-order valence-electron chi connectivity index (χ1n) is 7.12. The van der Waals surface area contributed by atoms with E-state index in [1.807, 2.05) is 12.1 Å². The van der Waals surface area contributed by atoms with Gasteiger partial charge in [-0.1, -0.05) is 18.2 Å².